The van der Waals surface area contributed by atoms with Gasteiger partial charge < -0.3 is 4.90 Å². The third-order valence-electron chi connectivity index (χ3n) is 6.36. The van der Waals surface area contributed by atoms with E-state index in [0.717, 1.165) is 43.7 Å². The van der Waals surface area contributed by atoms with Crippen LogP contribution in [0.15, 0.2) is 47.4 Å². The molecule has 5 nitrogen and oxygen atoms in total. The summed E-state index contributed by atoms with van der Waals surface area (Å²) in [7, 11) is -3.78. The van der Waals surface area contributed by atoms with E-state index < -0.39 is 21.7 Å². The first-order valence-corrected chi connectivity index (χ1v) is 12.5. The van der Waals surface area contributed by atoms with Crippen LogP contribution in [0.5, 0.6) is 0 Å². The Labute approximate surface area is 183 Å². The molecule has 31 heavy (non-hydrogen) atoms. The highest BCUT2D eigenvalue weighted by molar-refractivity contribution is 7.89. The molecule has 1 unspecified atom stereocenters. The van der Waals surface area contributed by atoms with Gasteiger partial charge in [0.25, 0.3) is 5.91 Å². The molecule has 0 N–H and O–H groups in total. The van der Waals surface area contributed by atoms with Crippen LogP contribution in [-0.2, 0) is 16.4 Å². The average molecular weight is 445 g/mol. The number of carbonyl (C=O) groups is 1. The van der Waals surface area contributed by atoms with E-state index in [1.165, 1.54) is 22.0 Å². The summed E-state index contributed by atoms with van der Waals surface area (Å²) in [6, 6.07) is 11.7. The van der Waals surface area contributed by atoms with Crippen LogP contribution >= 0.6 is 0 Å². The Morgan fingerprint density at radius 3 is 2.45 bits per heavy atom. The van der Waals surface area contributed by atoms with Crippen LogP contribution in [0.25, 0.3) is 0 Å². The number of nitrogens with zero attached hydrogens (tertiary/aromatic N) is 2. The van der Waals surface area contributed by atoms with Crippen molar-refractivity contribution >= 4 is 15.9 Å². The molecule has 0 radical (unpaired) electrons. The zero-order chi connectivity index (χ0) is 22.2. The maximum atomic E-state index is 14.8. The smallest absolute Gasteiger partial charge is 0.257 e. The summed E-state index contributed by atoms with van der Waals surface area (Å²) >= 11 is 0. The largest absolute Gasteiger partial charge is 0.329 e. The van der Waals surface area contributed by atoms with Crippen LogP contribution in [0, 0.1) is 5.82 Å². The lowest BCUT2D eigenvalue weighted by Crippen LogP contribution is -2.39. The van der Waals surface area contributed by atoms with E-state index in [9.17, 15) is 17.6 Å². The molecule has 0 bridgehead atoms. The van der Waals surface area contributed by atoms with Gasteiger partial charge in [0.05, 0.1) is 16.5 Å². The normalized spacial score (nSPS) is 18.6. The van der Waals surface area contributed by atoms with Gasteiger partial charge in [0.15, 0.2) is 0 Å². The number of amides is 1. The SMILES string of the molecule is CCN(CC)S(=O)(=O)c1ccc(F)c(C(=O)N(C2CC2)C2CCCc3ccccc32)c1. The van der Waals surface area contributed by atoms with Crippen LogP contribution in [-0.4, -0.2) is 42.7 Å². The van der Waals surface area contributed by atoms with Gasteiger partial charge in [-0.15, -0.1) is 0 Å². The maximum Gasteiger partial charge on any atom is 0.257 e. The molecule has 0 aliphatic heterocycles. The van der Waals surface area contributed by atoms with Gasteiger partial charge >= 0.3 is 0 Å². The minimum Gasteiger partial charge on any atom is -0.329 e. The van der Waals surface area contributed by atoms with Crippen molar-refractivity contribution in [3.63, 3.8) is 0 Å². The summed E-state index contributed by atoms with van der Waals surface area (Å²) in [5, 5.41) is 0. The molecule has 0 aromatic heterocycles. The van der Waals surface area contributed by atoms with Crippen LogP contribution in [0.4, 0.5) is 4.39 Å². The second kappa shape index (κ2) is 8.71. The first kappa shape index (κ1) is 22.0. The molecule has 0 heterocycles. The first-order valence-electron chi connectivity index (χ1n) is 11.1. The van der Waals surface area contributed by atoms with Crippen molar-refractivity contribution in [3.05, 3.63) is 65.0 Å². The van der Waals surface area contributed by atoms with Gasteiger partial charge in [-0.1, -0.05) is 38.1 Å². The van der Waals surface area contributed by atoms with Crippen LogP contribution in [0.3, 0.4) is 0 Å². The quantitative estimate of drug-likeness (QED) is 0.630. The summed E-state index contributed by atoms with van der Waals surface area (Å²) in [5.74, 6) is -1.10. The third-order valence-corrected chi connectivity index (χ3v) is 8.41. The fourth-order valence-electron chi connectivity index (χ4n) is 4.61. The van der Waals surface area contributed by atoms with E-state index in [0.29, 0.717) is 13.1 Å². The van der Waals surface area contributed by atoms with E-state index in [2.05, 4.69) is 12.1 Å². The van der Waals surface area contributed by atoms with Gasteiger partial charge in [-0.2, -0.15) is 4.31 Å². The Kier molecular flexibility index (Phi) is 6.17. The van der Waals surface area contributed by atoms with Crippen LogP contribution in [0.1, 0.15) is 67.1 Å². The van der Waals surface area contributed by atoms with E-state index in [1.54, 1.807) is 13.8 Å². The Balaban J connectivity index is 1.73. The highest BCUT2D eigenvalue weighted by atomic mass is 32.2. The summed E-state index contributed by atoms with van der Waals surface area (Å²) < 4.78 is 42.0. The lowest BCUT2D eigenvalue weighted by molar-refractivity contribution is 0.0632. The summed E-state index contributed by atoms with van der Waals surface area (Å²) in [6.07, 6.45) is 4.56. The molecule has 166 valence electrons. The first-order chi connectivity index (χ1) is 14.9. The number of carbonyl (C=O) groups excluding carboxylic acids is 1. The molecule has 2 aliphatic rings. The molecule has 4 rings (SSSR count). The van der Waals surface area contributed by atoms with Crippen molar-refractivity contribution in [2.45, 2.75) is 62.9 Å². The number of fused-ring (bicyclic) bond motifs is 1. The van der Waals surface area contributed by atoms with Crippen LogP contribution < -0.4 is 0 Å². The van der Waals surface area contributed by atoms with Gasteiger partial charge in [-0.3, -0.25) is 4.79 Å². The van der Waals surface area contributed by atoms with Gasteiger partial charge in [-0.25, -0.2) is 12.8 Å². The van der Waals surface area contributed by atoms with Crippen molar-refractivity contribution in [2.24, 2.45) is 0 Å². The Bertz CT molecular complexity index is 1080. The predicted octanol–water partition coefficient (Wildman–Crippen LogP) is 4.54. The van der Waals surface area contributed by atoms with Gasteiger partial charge in [0, 0.05) is 19.1 Å². The zero-order valence-corrected chi connectivity index (χ0v) is 18.9. The second-order valence-corrected chi connectivity index (χ2v) is 10.2. The van der Waals surface area contributed by atoms with Crippen molar-refractivity contribution in [3.8, 4) is 0 Å². The molecule has 7 heteroatoms. The summed E-state index contributed by atoms with van der Waals surface area (Å²) in [5.41, 5.74) is 2.19. The summed E-state index contributed by atoms with van der Waals surface area (Å²) in [6.45, 7) is 4.14. The number of aryl methyl sites for hydroxylation is 1. The number of sulfonamides is 1. The van der Waals surface area contributed by atoms with E-state index in [4.69, 9.17) is 0 Å². The number of halogens is 1. The monoisotopic (exact) mass is 444 g/mol. The summed E-state index contributed by atoms with van der Waals surface area (Å²) in [4.78, 5) is 15.4. The minimum absolute atomic E-state index is 0.0410. The number of benzene rings is 2. The topological polar surface area (TPSA) is 57.7 Å². The standard InChI is InChI=1S/C24H29FN2O3S/c1-3-26(4-2)31(29,30)19-14-15-22(25)21(16-19)24(28)27(18-12-13-18)23-11-7-9-17-8-5-6-10-20(17)23/h5-6,8,10,14-16,18,23H,3-4,7,9,11-13H2,1-2H3. The predicted molar refractivity (Wildman–Crippen MR) is 118 cm³/mol. The molecular formula is C24H29FN2O3S. The van der Waals surface area contributed by atoms with Crippen molar-refractivity contribution in [2.75, 3.05) is 13.1 Å². The number of hydrogen-bond acceptors (Lipinski definition) is 3. The Morgan fingerprint density at radius 2 is 1.77 bits per heavy atom. The Morgan fingerprint density at radius 1 is 1.06 bits per heavy atom. The molecule has 2 aliphatic carbocycles. The number of rotatable bonds is 7. The zero-order valence-electron chi connectivity index (χ0n) is 18.1. The fourth-order valence-corrected chi connectivity index (χ4v) is 6.10. The minimum atomic E-state index is -3.78. The lowest BCUT2D eigenvalue weighted by atomic mass is 9.86. The highest BCUT2D eigenvalue weighted by Crippen LogP contribution is 2.42. The van der Waals surface area contributed by atoms with E-state index in [1.807, 2.05) is 17.0 Å². The Hall–Kier alpha value is -2.25. The molecule has 1 fully saturated rings. The van der Waals surface area contributed by atoms with Gasteiger partial charge in [0.2, 0.25) is 10.0 Å². The second-order valence-electron chi connectivity index (χ2n) is 8.28. The molecule has 2 aromatic carbocycles. The molecule has 0 spiro atoms. The van der Waals surface area contributed by atoms with Crippen LogP contribution in [0.2, 0.25) is 0 Å². The van der Waals surface area contributed by atoms with Gasteiger partial charge in [0.1, 0.15) is 5.82 Å². The number of hydrogen-bond donors (Lipinski definition) is 0. The molecule has 1 atom stereocenters. The molecule has 1 amide bonds. The highest BCUT2D eigenvalue weighted by Gasteiger charge is 2.40. The van der Waals surface area contributed by atoms with Crippen molar-refractivity contribution in [1.29, 1.82) is 0 Å². The lowest BCUT2D eigenvalue weighted by Gasteiger charge is -2.36. The van der Waals surface area contributed by atoms with E-state index >= 15 is 0 Å². The van der Waals surface area contributed by atoms with Crippen molar-refractivity contribution < 1.29 is 17.6 Å². The fraction of sp³-hybridized carbons (Fsp3) is 0.458. The van der Waals surface area contributed by atoms with Gasteiger partial charge in [-0.05, 0) is 61.4 Å². The maximum absolute atomic E-state index is 14.8. The average Bonchev–Trinajstić information content (AvgIpc) is 3.60. The molecular weight excluding hydrogens is 415 g/mol. The third kappa shape index (κ3) is 4.13. The van der Waals surface area contributed by atoms with Crippen molar-refractivity contribution in [1.82, 2.24) is 9.21 Å². The molecule has 0 saturated heterocycles. The molecule has 1 saturated carbocycles. The molecule has 2 aromatic rings. The van der Waals surface area contributed by atoms with E-state index in [-0.39, 0.29) is 22.5 Å².